The van der Waals surface area contributed by atoms with Gasteiger partial charge >= 0.3 is 0 Å². The van der Waals surface area contributed by atoms with Crippen molar-refractivity contribution in [1.82, 2.24) is 0 Å². The molecule has 0 unspecified atom stereocenters. The fourth-order valence-corrected chi connectivity index (χ4v) is 9.47. The van der Waals surface area contributed by atoms with E-state index in [2.05, 4.69) is 34.6 Å². The van der Waals surface area contributed by atoms with Gasteiger partial charge in [0.1, 0.15) is 0 Å². The lowest BCUT2D eigenvalue weighted by Crippen LogP contribution is -2.66. The Morgan fingerprint density at radius 1 is 0.931 bits per heavy atom. The number of methoxy groups -OCH3 is 1. The van der Waals surface area contributed by atoms with E-state index in [1.54, 1.807) is 0 Å². The summed E-state index contributed by atoms with van der Waals surface area (Å²) in [4.78, 5) is 0. The predicted octanol–water partition coefficient (Wildman–Crippen LogP) is 6.26. The van der Waals surface area contributed by atoms with Gasteiger partial charge in [-0.15, -0.1) is 0 Å². The van der Waals surface area contributed by atoms with Crippen molar-refractivity contribution in [3.63, 3.8) is 0 Å². The molecule has 1 aromatic heterocycles. The predicted molar refractivity (Wildman–Crippen MR) is 115 cm³/mol. The molecule has 1 aromatic rings. The Morgan fingerprint density at radius 2 is 1.66 bits per heavy atom. The molecule has 0 bridgehead atoms. The highest BCUT2D eigenvalue weighted by atomic mass is 16.5. The molecule has 1 N–H and O–H groups in total. The number of aliphatic hydroxyl groups is 1. The van der Waals surface area contributed by atoms with Crippen LogP contribution in [0.15, 0.2) is 16.9 Å². The van der Waals surface area contributed by atoms with Crippen LogP contribution in [-0.4, -0.2) is 18.3 Å². The maximum Gasteiger partial charge on any atom is 0.0963 e. The average Bonchev–Trinajstić information content (AvgIpc) is 3.14. The monoisotopic (exact) mass is 400 g/mol. The van der Waals surface area contributed by atoms with Crippen LogP contribution < -0.4 is 0 Å². The quantitative estimate of drug-likeness (QED) is 0.605. The smallest absolute Gasteiger partial charge is 0.0963 e. The molecule has 4 aliphatic rings. The Hall–Kier alpha value is -0.800. The normalized spacial score (nSPS) is 50.8. The van der Waals surface area contributed by atoms with Crippen molar-refractivity contribution in [2.45, 2.75) is 97.2 Å². The summed E-state index contributed by atoms with van der Waals surface area (Å²) in [6, 6.07) is 0. The summed E-state index contributed by atoms with van der Waals surface area (Å²) >= 11 is 0. The van der Waals surface area contributed by atoms with Crippen LogP contribution in [0.4, 0.5) is 0 Å². The summed E-state index contributed by atoms with van der Waals surface area (Å²) in [7, 11) is 1.82. The van der Waals surface area contributed by atoms with Crippen LogP contribution >= 0.6 is 0 Å². The molecule has 4 aliphatic carbocycles. The Morgan fingerprint density at radius 3 is 2.38 bits per heavy atom. The summed E-state index contributed by atoms with van der Waals surface area (Å²) < 4.78 is 11.6. The number of ether oxygens (including phenoxy) is 1. The van der Waals surface area contributed by atoms with Crippen LogP contribution in [0.3, 0.4) is 0 Å². The Bertz CT molecular complexity index is 796. The number of furan rings is 1. The molecule has 0 radical (unpaired) electrons. The first-order valence-electron chi connectivity index (χ1n) is 11.9. The van der Waals surface area contributed by atoms with E-state index < -0.39 is 0 Å². The highest BCUT2D eigenvalue weighted by molar-refractivity contribution is 5.39. The van der Waals surface area contributed by atoms with Crippen molar-refractivity contribution in [1.29, 1.82) is 0 Å². The van der Waals surface area contributed by atoms with Crippen LogP contribution in [0.1, 0.15) is 96.8 Å². The highest BCUT2D eigenvalue weighted by Gasteiger charge is 2.68. The summed E-state index contributed by atoms with van der Waals surface area (Å²) in [5, 5.41) is 11.7. The molecule has 0 saturated heterocycles. The molecule has 8 atom stereocenters. The van der Waals surface area contributed by atoms with Crippen LogP contribution in [0.25, 0.3) is 0 Å². The van der Waals surface area contributed by atoms with E-state index in [0.717, 1.165) is 24.3 Å². The Kier molecular flexibility index (Phi) is 4.25. The third-order valence-corrected chi connectivity index (χ3v) is 10.9. The molecule has 0 aliphatic heterocycles. The fraction of sp³-hybridized carbons (Fsp3) is 0.846. The van der Waals surface area contributed by atoms with Crippen molar-refractivity contribution in [2.75, 3.05) is 7.11 Å². The van der Waals surface area contributed by atoms with E-state index in [-0.39, 0.29) is 23.0 Å². The molecule has 3 saturated carbocycles. The standard InChI is InChI=1S/C26H40O3/c1-23(2)9-7-10-24(3)19(23)8-11-25(4)20(24)13-22(27)26(5)17-15-29-14-16(17)18(28-6)12-21(25)26/h14-15,18-22,27H,7-13H2,1-6H3/t18-,19+,20-,21+,22-,24+,25-,26-/m1/s1. The summed E-state index contributed by atoms with van der Waals surface area (Å²) in [6.07, 6.45) is 12.0. The van der Waals surface area contributed by atoms with Crippen LogP contribution in [0, 0.1) is 34.0 Å². The molecule has 29 heavy (non-hydrogen) atoms. The minimum atomic E-state index is -0.319. The first kappa shape index (κ1) is 20.1. The van der Waals surface area contributed by atoms with Gasteiger partial charge in [0.05, 0.1) is 24.7 Å². The molecule has 0 amide bonds. The largest absolute Gasteiger partial charge is 0.472 e. The maximum absolute atomic E-state index is 11.7. The van der Waals surface area contributed by atoms with Crippen molar-refractivity contribution in [3.8, 4) is 0 Å². The lowest BCUT2D eigenvalue weighted by Gasteiger charge is -2.70. The fourth-order valence-electron chi connectivity index (χ4n) is 9.47. The van der Waals surface area contributed by atoms with Crippen molar-refractivity contribution in [3.05, 3.63) is 23.7 Å². The van der Waals surface area contributed by atoms with Crippen LogP contribution in [-0.2, 0) is 10.2 Å². The molecular formula is C26H40O3. The van der Waals surface area contributed by atoms with Gasteiger partial charge in [0, 0.05) is 23.7 Å². The van der Waals surface area contributed by atoms with Gasteiger partial charge in [-0.1, -0.05) is 41.0 Å². The van der Waals surface area contributed by atoms with E-state index in [9.17, 15) is 5.11 Å². The summed E-state index contributed by atoms with van der Waals surface area (Å²) in [5.41, 5.74) is 3.10. The third kappa shape index (κ3) is 2.38. The summed E-state index contributed by atoms with van der Waals surface area (Å²) in [6.45, 7) is 12.5. The van der Waals surface area contributed by atoms with Crippen LogP contribution in [0.2, 0.25) is 0 Å². The van der Waals surface area contributed by atoms with Gasteiger partial charge in [0.2, 0.25) is 0 Å². The maximum atomic E-state index is 11.7. The second-order valence-electron chi connectivity index (χ2n) is 12.3. The lowest BCUT2D eigenvalue weighted by molar-refractivity contribution is -0.213. The van der Waals surface area contributed by atoms with Crippen molar-refractivity contribution >= 4 is 0 Å². The minimum absolute atomic E-state index is 0.0814. The summed E-state index contributed by atoms with van der Waals surface area (Å²) in [5.74, 6) is 1.76. The van der Waals surface area contributed by atoms with Crippen molar-refractivity contribution < 1.29 is 14.3 Å². The van der Waals surface area contributed by atoms with Gasteiger partial charge in [-0.3, -0.25) is 0 Å². The zero-order chi connectivity index (χ0) is 20.8. The zero-order valence-electron chi connectivity index (χ0n) is 19.3. The molecule has 3 nitrogen and oxygen atoms in total. The molecular weight excluding hydrogens is 360 g/mol. The van der Waals surface area contributed by atoms with Gasteiger partial charge in [-0.2, -0.15) is 0 Å². The number of hydrogen-bond acceptors (Lipinski definition) is 3. The number of aliphatic hydroxyl groups excluding tert-OH is 1. The first-order valence-corrected chi connectivity index (χ1v) is 11.9. The number of fused-ring (bicyclic) bond motifs is 7. The van der Waals surface area contributed by atoms with E-state index >= 15 is 0 Å². The lowest BCUT2D eigenvalue weighted by atomic mass is 9.35. The first-order chi connectivity index (χ1) is 13.6. The second-order valence-corrected chi connectivity index (χ2v) is 12.3. The average molecular weight is 401 g/mol. The number of hydrogen-bond donors (Lipinski definition) is 1. The highest BCUT2D eigenvalue weighted by Crippen LogP contribution is 2.72. The van der Waals surface area contributed by atoms with E-state index in [0.29, 0.717) is 22.7 Å². The van der Waals surface area contributed by atoms with Gasteiger partial charge in [0.15, 0.2) is 0 Å². The number of rotatable bonds is 1. The van der Waals surface area contributed by atoms with Gasteiger partial charge in [0.25, 0.3) is 0 Å². The van der Waals surface area contributed by atoms with Gasteiger partial charge < -0.3 is 14.3 Å². The SMILES string of the molecule is CO[C@@H]1C[C@H]2[C@]3(C)CC[C@H]4C(C)(C)CCC[C@]4(C)[C@H]3C[C@@H](O)[C@]2(C)c2cocc21. The van der Waals surface area contributed by atoms with E-state index in [1.807, 2.05) is 19.6 Å². The van der Waals surface area contributed by atoms with Crippen molar-refractivity contribution in [2.24, 2.45) is 34.0 Å². The molecule has 3 heteroatoms. The van der Waals surface area contributed by atoms with Gasteiger partial charge in [-0.05, 0) is 72.5 Å². The Labute approximate surface area is 176 Å². The van der Waals surface area contributed by atoms with Gasteiger partial charge in [-0.25, -0.2) is 0 Å². The Balaban J connectivity index is 1.62. The van der Waals surface area contributed by atoms with E-state index in [4.69, 9.17) is 9.15 Å². The van der Waals surface area contributed by atoms with Crippen LogP contribution in [0.5, 0.6) is 0 Å². The minimum Gasteiger partial charge on any atom is -0.472 e. The third-order valence-electron chi connectivity index (χ3n) is 10.9. The molecule has 0 aromatic carbocycles. The topological polar surface area (TPSA) is 42.6 Å². The molecule has 3 fully saturated rings. The molecule has 162 valence electrons. The second kappa shape index (κ2) is 6.13. The molecule has 0 spiro atoms. The molecule has 5 rings (SSSR count). The zero-order valence-corrected chi connectivity index (χ0v) is 19.3. The molecule has 1 heterocycles. The van der Waals surface area contributed by atoms with E-state index in [1.165, 1.54) is 37.7 Å².